The van der Waals surface area contributed by atoms with E-state index >= 15 is 0 Å². The van der Waals surface area contributed by atoms with Crippen LogP contribution in [0.1, 0.15) is 18.6 Å². The predicted octanol–water partition coefficient (Wildman–Crippen LogP) is 2.20. The normalized spacial score (nSPS) is 13.0. The minimum absolute atomic E-state index is 0.00612. The minimum Gasteiger partial charge on any atom is -0.497 e. The second-order valence-electron chi connectivity index (χ2n) is 3.20. The summed E-state index contributed by atoms with van der Waals surface area (Å²) in [5.41, 5.74) is 0.878. The third-order valence-electron chi connectivity index (χ3n) is 2.00. The first-order valence-electron chi connectivity index (χ1n) is 4.30. The summed E-state index contributed by atoms with van der Waals surface area (Å²) < 4.78 is 5.01. The topological polar surface area (TPSA) is 29.5 Å². The van der Waals surface area contributed by atoms with Crippen LogP contribution in [0.4, 0.5) is 0 Å². The van der Waals surface area contributed by atoms with E-state index in [9.17, 15) is 5.11 Å². The molecule has 2 unspecified atom stereocenters. The molecule has 2 atom stereocenters. The van der Waals surface area contributed by atoms with Gasteiger partial charge in [-0.05, 0) is 30.5 Å². The van der Waals surface area contributed by atoms with E-state index in [1.165, 1.54) is 0 Å². The maximum absolute atomic E-state index is 9.66. The van der Waals surface area contributed by atoms with Crippen LogP contribution in [0.25, 0.3) is 0 Å². The van der Waals surface area contributed by atoms with Crippen LogP contribution in [0.15, 0.2) is 24.3 Å². The standard InChI is InChI=1S/C11H15O2/c1-8(2)11(12)9-4-6-10(13-3)7-5-9/h4-8,11-12H,1H2,2-3H3. The zero-order valence-electron chi connectivity index (χ0n) is 8.03. The Balaban J connectivity index is 2.79. The van der Waals surface area contributed by atoms with E-state index in [0.717, 1.165) is 11.3 Å². The van der Waals surface area contributed by atoms with Gasteiger partial charge >= 0.3 is 0 Å². The van der Waals surface area contributed by atoms with Gasteiger partial charge in [0.2, 0.25) is 0 Å². The van der Waals surface area contributed by atoms with Crippen molar-refractivity contribution in [1.29, 1.82) is 0 Å². The highest BCUT2D eigenvalue weighted by Gasteiger charge is 2.11. The molecule has 0 bridgehead atoms. The van der Waals surface area contributed by atoms with Crippen molar-refractivity contribution >= 4 is 0 Å². The van der Waals surface area contributed by atoms with Gasteiger partial charge in [0.1, 0.15) is 5.75 Å². The molecule has 1 radical (unpaired) electrons. The predicted molar refractivity (Wildman–Crippen MR) is 52.5 cm³/mol. The fourth-order valence-electron chi connectivity index (χ4n) is 1.13. The van der Waals surface area contributed by atoms with Crippen LogP contribution in [-0.2, 0) is 0 Å². The Kier molecular flexibility index (Phi) is 3.32. The first kappa shape index (κ1) is 10.1. The van der Waals surface area contributed by atoms with Crippen LogP contribution in [0.2, 0.25) is 0 Å². The van der Waals surface area contributed by atoms with Crippen molar-refractivity contribution in [1.82, 2.24) is 0 Å². The third-order valence-corrected chi connectivity index (χ3v) is 2.00. The van der Waals surface area contributed by atoms with E-state index in [4.69, 9.17) is 4.74 Å². The molecule has 71 valence electrons. The fourth-order valence-corrected chi connectivity index (χ4v) is 1.13. The molecule has 0 spiro atoms. The third kappa shape index (κ3) is 2.46. The number of rotatable bonds is 3. The minimum atomic E-state index is -0.495. The van der Waals surface area contributed by atoms with Crippen molar-refractivity contribution in [3.63, 3.8) is 0 Å². The molecule has 1 aromatic carbocycles. The summed E-state index contributed by atoms with van der Waals surface area (Å²) in [5, 5.41) is 9.66. The van der Waals surface area contributed by atoms with Gasteiger partial charge in [-0.1, -0.05) is 19.1 Å². The van der Waals surface area contributed by atoms with E-state index in [1.807, 2.05) is 31.2 Å². The Hall–Kier alpha value is -1.02. The Bertz CT molecular complexity index is 251. The molecule has 0 aliphatic heterocycles. The van der Waals surface area contributed by atoms with E-state index in [2.05, 4.69) is 6.92 Å². The van der Waals surface area contributed by atoms with E-state index in [-0.39, 0.29) is 5.92 Å². The van der Waals surface area contributed by atoms with Gasteiger partial charge in [0.15, 0.2) is 0 Å². The number of hydrogen-bond donors (Lipinski definition) is 1. The lowest BCUT2D eigenvalue weighted by Gasteiger charge is -2.14. The highest BCUT2D eigenvalue weighted by atomic mass is 16.5. The smallest absolute Gasteiger partial charge is 0.118 e. The van der Waals surface area contributed by atoms with Crippen molar-refractivity contribution in [3.05, 3.63) is 36.8 Å². The fraction of sp³-hybridized carbons (Fsp3) is 0.364. The molecular weight excluding hydrogens is 164 g/mol. The average molecular weight is 179 g/mol. The van der Waals surface area contributed by atoms with Crippen LogP contribution in [-0.4, -0.2) is 12.2 Å². The highest BCUT2D eigenvalue weighted by molar-refractivity contribution is 5.28. The van der Waals surface area contributed by atoms with E-state index in [0.29, 0.717) is 0 Å². The SMILES string of the molecule is [CH2]C(C)C(O)c1ccc(OC)cc1. The van der Waals surface area contributed by atoms with Crippen molar-refractivity contribution in [2.75, 3.05) is 7.11 Å². The zero-order chi connectivity index (χ0) is 9.84. The van der Waals surface area contributed by atoms with Crippen molar-refractivity contribution in [2.24, 2.45) is 5.92 Å². The lowest BCUT2D eigenvalue weighted by molar-refractivity contribution is 0.138. The molecule has 0 aliphatic carbocycles. The first-order valence-corrected chi connectivity index (χ1v) is 4.30. The molecule has 0 fully saturated rings. The van der Waals surface area contributed by atoms with Gasteiger partial charge in [-0.15, -0.1) is 0 Å². The molecule has 0 amide bonds. The summed E-state index contributed by atoms with van der Waals surface area (Å²) in [6, 6.07) is 7.37. The molecule has 2 nitrogen and oxygen atoms in total. The summed E-state index contributed by atoms with van der Waals surface area (Å²) in [4.78, 5) is 0. The molecule has 1 aromatic rings. The maximum Gasteiger partial charge on any atom is 0.118 e. The van der Waals surface area contributed by atoms with Gasteiger partial charge < -0.3 is 9.84 Å². The quantitative estimate of drug-likeness (QED) is 0.770. The number of aliphatic hydroxyl groups is 1. The number of hydrogen-bond acceptors (Lipinski definition) is 2. The van der Waals surface area contributed by atoms with Crippen molar-refractivity contribution in [2.45, 2.75) is 13.0 Å². The molecule has 2 heteroatoms. The maximum atomic E-state index is 9.66. The molecule has 0 saturated carbocycles. The molecule has 1 N–H and O–H groups in total. The molecule has 0 aliphatic rings. The summed E-state index contributed by atoms with van der Waals surface area (Å²) in [5.74, 6) is 0.793. The van der Waals surface area contributed by atoms with Crippen LogP contribution in [0.5, 0.6) is 5.75 Å². The molecule has 13 heavy (non-hydrogen) atoms. The Labute approximate surface area is 79.2 Å². The Morgan fingerprint density at radius 1 is 1.31 bits per heavy atom. The van der Waals surface area contributed by atoms with Crippen LogP contribution < -0.4 is 4.74 Å². The Morgan fingerprint density at radius 2 is 1.85 bits per heavy atom. The molecule has 0 heterocycles. The monoisotopic (exact) mass is 179 g/mol. The number of aliphatic hydroxyl groups excluding tert-OH is 1. The summed E-state index contributed by atoms with van der Waals surface area (Å²) in [6.07, 6.45) is -0.495. The van der Waals surface area contributed by atoms with Gasteiger partial charge in [0.05, 0.1) is 13.2 Å². The van der Waals surface area contributed by atoms with Crippen LogP contribution in [0, 0.1) is 12.8 Å². The molecule has 0 aromatic heterocycles. The van der Waals surface area contributed by atoms with Crippen molar-refractivity contribution < 1.29 is 9.84 Å². The molecule has 0 saturated heterocycles. The summed E-state index contributed by atoms with van der Waals surface area (Å²) in [6.45, 7) is 5.66. The molecule has 1 rings (SSSR count). The van der Waals surface area contributed by atoms with Crippen LogP contribution in [0.3, 0.4) is 0 Å². The summed E-state index contributed by atoms with van der Waals surface area (Å²) in [7, 11) is 1.62. The largest absolute Gasteiger partial charge is 0.497 e. The lowest BCUT2D eigenvalue weighted by Crippen LogP contribution is -2.05. The second-order valence-corrected chi connectivity index (χ2v) is 3.20. The zero-order valence-corrected chi connectivity index (χ0v) is 8.03. The van der Waals surface area contributed by atoms with Crippen LogP contribution >= 0.6 is 0 Å². The van der Waals surface area contributed by atoms with Gasteiger partial charge in [-0.2, -0.15) is 0 Å². The van der Waals surface area contributed by atoms with Crippen molar-refractivity contribution in [3.8, 4) is 5.75 Å². The number of methoxy groups -OCH3 is 1. The van der Waals surface area contributed by atoms with Gasteiger partial charge in [-0.25, -0.2) is 0 Å². The highest BCUT2D eigenvalue weighted by Crippen LogP contribution is 2.22. The van der Waals surface area contributed by atoms with Gasteiger partial charge in [0, 0.05) is 0 Å². The Morgan fingerprint density at radius 3 is 2.23 bits per heavy atom. The van der Waals surface area contributed by atoms with Gasteiger partial charge in [-0.3, -0.25) is 0 Å². The van der Waals surface area contributed by atoms with Gasteiger partial charge in [0.25, 0.3) is 0 Å². The van der Waals surface area contributed by atoms with E-state index < -0.39 is 6.10 Å². The first-order chi connectivity index (χ1) is 6.15. The number of benzene rings is 1. The van der Waals surface area contributed by atoms with E-state index in [1.54, 1.807) is 7.11 Å². The second kappa shape index (κ2) is 4.28. The lowest BCUT2D eigenvalue weighted by atomic mass is 9.99. The summed E-state index contributed by atoms with van der Waals surface area (Å²) >= 11 is 0. The average Bonchev–Trinajstić information content (AvgIpc) is 2.17. The molecular formula is C11H15O2. The number of ether oxygens (including phenoxy) is 1.